The van der Waals surface area contributed by atoms with Gasteiger partial charge in [-0.05, 0) is 24.6 Å². The Hall–Kier alpha value is -1.54. The molecule has 1 aliphatic rings. The summed E-state index contributed by atoms with van der Waals surface area (Å²) in [6.45, 7) is 1.37. The van der Waals surface area contributed by atoms with Crippen LogP contribution in [0.1, 0.15) is 12.0 Å². The third kappa shape index (κ3) is 3.71. The van der Waals surface area contributed by atoms with Crippen LogP contribution in [-0.2, 0) is 9.53 Å². The molecule has 1 heterocycles. The van der Waals surface area contributed by atoms with Crippen molar-refractivity contribution >= 4 is 23.2 Å². The lowest BCUT2D eigenvalue weighted by Crippen LogP contribution is -2.23. The zero-order valence-corrected chi connectivity index (χ0v) is 11.2. The van der Waals surface area contributed by atoms with E-state index in [-0.39, 0.29) is 18.4 Å². The van der Waals surface area contributed by atoms with Crippen molar-refractivity contribution in [2.75, 3.05) is 25.1 Å². The largest absolute Gasteiger partial charge is 0.381 e. The van der Waals surface area contributed by atoms with E-state index in [1.807, 2.05) is 0 Å². The molecule has 1 aromatic rings. The summed E-state index contributed by atoms with van der Waals surface area (Å²) in [6, 6.07) is 5.19. The molecular formula is C14H15ClN2O2. The third-order valence-corrected chi connectivity index (χ3v) is 3.10. The van der Waals surface area contributed by atoms with Crippen LogP contribution >= 0.6 is 11.6 Å². The first-order chi connectivity index (χ1) is 9.20. The van der Waals surface area contributed by atoms with Gasteiger partial charge in [0.1, 0.15) is 0 Å². The number of nitrogens with two attached hydrogens (primary N) is 1. The van der Waals surface area contributed by atoms with Gasteiger partial charge < -0.3 is 15.8 Å². The molecule has 0 radical (unpaired) electrons. The summed E-state index contributed by atoms with van der Waals surface area (Å²) in [6.07, 6.45) is 0.746. The first-order valence-corrected chi connectivity index (χ1v) is 6.45. The summed E-state index contributed by atoms with van der Waals surface area (Å²) < 4.78 is 5.20. The number of hydrogen-bond donors (Lipinski definition) is 2. The maximum atomic E-state index is 12.0. The van der Waals surface area contributed by atoms with Gasteiger partial charge in [-0.1, -0.05) is 23.4 Å². The smallest absolute Gasteiger partial charge is 0.229 e. The number of carbonyl (C=O) groups excluding carboxylic acids is 1. The van der Waals surface area contributed by atoms with Crippen molar-refractivity contribution in [2.24, 2.45) is 11.7 Å². The minimum absolute atomic E-state index is 0.0597. The highest BCUT2D eigenvalue weighted by Crippen LogP contribution is 2.22. The van der Waals surface area contributed by atoms with Crippen LogP contribution in [0.25, 0.3) is 0 Å². The van der Waals surface area contributed by atoms with Crippen molar-refractivity contribution in [3.05, 3.63) is 28.8 Å². The number of halogens is 1. The molecule has 0 aliphatic carbocycles. The zero-order chi connectivity index (χ0) is 13.7. The summed E-state index contributed by atoms with van der Waals surface area (Å²) in [5.74, 6) is 5.52. The van der Waals surface area contributed by atoms with Gasteiger partial charge in [0.05, 0.1) is 24.8 Å². The van der Waals surface area contributed by atoms with Crippen LogP contribution in [-0.4, -0.2) is 25.7 Å². The lowest BCUT2D eigenvalue weighted by molar-refractivity contribution is -0.119. The molecule has 1 aromatic carbocycles. The first-order valence-electron chi connectivity index (χ1n) is 6.08. The van der Waals surface area contributed by atoms with Gasteiger partial charge in [0, 0.05) is 17.2 Å². The molecule has 100 valence electrons. The highest BCUT2D eigenvalue weighted by atomic mass is 35.5. The van der Waals surface area contributed by atoms with E-state index in [4.69, 9.17) is 22.1 Å². The van der Waals surface area contributed by atoms with Crippen molar-refractivity contribution in [1.82, 2.24) is 0 Å². The maximum absolute atomic E-state index is 12.0. The van der Waals surface area contributed by atoms with Crippen LogP contribution in [0.5, 0.6) is 0 Å². The average molecular weight is 279 g/mol. The van der Waals surface area contributed by atoms with Crippen LogP contribution in [0.2, 0.25) is 5.02 Å². The number of nitrogens with one attached hydrogen (secondary N) is 1. The Morgan fingerprint density at radius 1 is 1.58 bits per heavy atom. The lowest BCUT2D eigenvalue weighted by Gasteiger charge is -2.11. The van der Waals surface area contributed by atoms with E-state index in [0.29, 0.717) is 29.5 Å². The second-order valence-corrected chi connectivity index (χ2v) is 4.68. The van der Waals surface area contributed by atoms with Crippen molar-refractivity contribution in [3.63, 3.8) is 0 Å². The number of hydrogen-bond acceptors (Lipinski definition) is 3. The van der Waals surface area contributed by atoms with Crippen molar-refractivity contribution in [2.45, 2.75) is 6.42 Å². The molecule has 1 aliphatic heterocycles. The van der Waals surface area contributed by atoms with E-state index in [2.05, 4.69) is 17.2 Å². The third-order valence-electron chi connectivity index (χ3n) is 2.87. The average Bonchev–Trinajstić information content (AvgIpc) is 2.92. The molecule has 2 rings (SSSR count). The van der Waals surface area contributed by atoms with E-state index in [1.165, 1.54) is 0 Å². The highest BCUT2D eigenvalue weighted by molar-refractivity contribution is 6.31. The fourth-order valence-corrected chi connectivity index (χ4v) is 2.02. The molecule has 1 atom stereocenters. The SMILES string of the molecule is NCC#Cc1ccc(Cl)cc1NC(=O)C1CCOC1. The summed E-state index contributed by atoms with van der Waals surface area (Å²) in [5.41, 5.74) is 6.68. The second kappa shape index (κ2) is 6.58. The number of ether oxygens (including phenoxy) is 1. The molecule has 3 N–H and O–H groups in total. The van der Waals surface area contributed by atoms with Crippen molar-refractivity contribution < 1.29 is 9.53 Å². The van der Waals surface area contributed by atoms with Crippen LogP contribution in [0.15, 0.2) is 18.2 Å². The van der Waals surface area contributed by atoms with Crippen LogP contribution in [0.3, 0.4) is 0 Å². The minimum Gasteiger partial charge on any atom is -0.381 e. The standard InChI is InChI=1S/C14H15ClN2O2/c15-12-4-3-10(2-1-6-16)13(8-12)17-14(18)11-5-7-19-9-11/h3-4,8,11H,5-7,9,16H2,(H,17,18). The van der Waals surface area contributed by atoms with E-state index in [0.717, 1.165) is 6.42 Å². The zero-order valence-electron chi connectivity index (χ0n) is 10.4. The summed E-state index contributed by atoms with van der Waals surface area (Å²) in [5, 5.41) is 3.41. The molecule has 5 heteroatoms. The fourth-order valence-electron chi connectivity index (χ4n) is 1.85. The number of benzene rings is 1. The molecule has 0 bridgehead atoms. The monoisotopic (exact) mass is 278 g/mol. The topological polar surface area (TPSA) is 64.3 Å². The van der Waals surface area contributed by atoms with Gasteiger partial charge in [-0.25, -0.2) is 0 Å². The van der Waals surface area contributed by atoms with Crippen molar-refractivity contribution in [1.29, 1.82) is 0 Å². The fraction of sp³-hybridized carbons (Fsp3) is 0.357. The van der Waals surface area contributed by atoms with E-state index < -0.39 is 0 Å². The van der Waals surface area contributed by atoms with Gasteiger partial charge in [-0.15, -0.1) is 0 Å². The summed E-state index contributed by atoms with van der Waals surface area (Å²) >= 11 is 5.95. The molecule has 19 heavy (non-hydrogen) atoms. The molecular weight excluding hydrogens is 264 g/mol. The Labute approximate surface area is 117 Å². The Morgan fingerprint density at radius 3 is 3.11 bits per heavy atom. The second-order valence-electron chi connectivity index (χ2n) is 4.25. The van der Waals surface area contributed by atoms with Gasteiger partial charge in [0.2, 0.25) is 5.91 Å². The first kappa shape index (κ1) is 13.9. The molecule has 4 nitrogen and oxygen atoms in total. The highest BCUT2D eigenvalue weighted by Gasteiger charge is 2.23. The van der Waals surface area contributed by atoms with Crippen LogP contribution < -0.4 is 11.1 Å². The predicted molar refractivity (Wildman–Crippen MR) is 74.9 cm³/mol. The number of amides is 1. The molecule has 1 saturated heterocycles. The van der Waals surface area contributed by atoms with Gasteiger partial charge in [0.15, 0.2) is 0 Å². The predicted octanol–water partition coefficient (Wildman–Crippen LogP) is 1.63. The molecule has 1 amide bonds. The lowest BCUT2D eigenvalue weighted by atomic mass is 10.1. The number of rotatable bonds is 2. The van der Waals surface area contributed by atoms with E-state index >= 15 is 0 Å². The Kier molecular flexibility index (Phi) is 4.80. The molecule has 0 saturated carbocycles. The summed E-state index contributed by atoms with van der Waals surface area (Å²) in [4.78, 5) is 12.0. The number of carbonyl (C=O) groups is 1. The summed E-state index contributed by atoms with van der Waals surface area (Å²) in [7, 11) is 0. The molecule has 0 aromatic heterocycles. The van der Waals surface area contributed by atoms with Crippen LogP contribution in [0.4, 0.5) is 5.69 Å². The normalized spacial score (nSPS) is 17.7. The van der Waals surface area contributed by atoms with E-state index in [1.54, 1.807) is 18.2 Å². The Bertz CT molecular complexity index is 528. The van der Waals surface area contributed by atoms with Gasteiger partial charge in [0.25, 0.3) is 0 Å². The van der Waals surface area contributed by atoms with Gasteiger partial charge in [-0.2, -0.15) is 0 Å². The van der Waals surface area contributed by atoms with E-state index in [9.17, 15) is 4.79 Å². The molecule has 1 unspecified atom stereocenters. The van der Waals surface area contributed by atoms with Gasteiger partial charge in [-0.3, -0.25) is 4.79 Å². The Morgan fingerprint density at radius 2 is 2.42 bits per heavy atom. The quantitative estimate of drug-likeness (QED) is 0.808. The Balaban J connectivity index is 2.17. The van der Waals surface area contributed by atoms with Crippen LogP contribution in [0, 0.1) is 17.8 Å². The molecule has 0 spiro atoms. The molecule has 1 fully saturated rings. The van der Waals surface area contributed by atoms with Gasteiger partial charge >= 0.3 is 0 Å². The van der Waals surface area contributed by atoms with Crippen molar-refractivity contribution in [3.8, 4) is 11.8 Å². The minimum atomic E-state index is -0.103. The maximum Gasteiger partial charge on any atom is 0.229 e. The number of anilines is 1.